The van der Waals surface area contributed by atoms with Crippen molar-refractivity contribution in [3.63, 3.8) is 0 Å². The SMILES string of the molecule is CCOC(=O)c1sc(NC(=O)[C@@H](C)Sc2nnc(N)s2)nc1C. The Morgan fingerprint density at radius 1 is 1.39 bits per heavy atom. The summed E-state index contributed by atoms with van der Waals surface area (Å²) < 4.78 is 5.56. The molecule has 2 aromatic heterocycles. The molecule has 11 heteroatoms. The number of nitrogens with two attached hydrogens (primary N) is 1. The van der Waals surface area contributed by atoms with E-state index in [4.69, 9.17) is 10.5 Å². The van der Waals surface area contributed by atoms with Gasteiger partial charge >= 0.3 is 5.97 Å². The number of thioether (sulfide) groups is 1. The second kappa shape index (κ2) is 7.70. The molecular formula is C12H15N5O3S3. The minimum Gasteiger partial charge on any atom is -0.462 e. The molecule has 2 rings (SSSR count). The summed E-state index contributed by atoms with van der Waals surface area (Å²) in [7, 11) is 0. The van der Waals surface area contributed by atoms with Crippen LogP contribution in [0.1, 0.15) is 29.2 Å². The van der Waals surface area contributed by atoms with E-state index in [1.54, 1.807) is 20.8 Å². The van der Waals surface area contributed by atoms with Crippen LogP contribution < -0.4 is 11.1 Å². The molecule has 0 saturated carbocycles. The van der Waals surface area contributed by atoms with Gasteiger partial charge in [-0.15, -0.1) is 10.2 Å². The van der Waals surface area contributed by atoms with E-state index in [0.717, 1.165) is 11.3 Å². The maximum Gasteiger partial charge on any atom is 0.350 e. The lowest BCUT2D eigenvalue weighted by atomic mass is 10.4. The normalized spacial score (nSPS) is 12.0. The monoisotopic (exact) mass is 373 g/mol. The molecule has 3 N–H and O–H groups in total. The summed E-state index contributed by atoms with van der Waals surface area (Å²) >= 11 is 3.57. The average molecular weight is 373 g/mol. The molecule has 0 aromatic carbocycles. The van der Waals surface area contributed by atoms with Crippen molar-refractivity contribution >= 4 is 56.6 Å². The van der Waals surface area contributed by atoms with Crippen LogP contribution in [-0.2, 0) is 9.53 Å². The number of carbonyl (C=O) groups is 2. The molecule has 8 nitrogen and oxygen atoms in total. The molecule has 1 atom stereocenters. The van der Waals surface area contributed by atoms with Crippen LogP contribution in [0.25, 0.3) is 0 Å². The highest BCUT2D eigenvalue weighted by atomic mass is 32.2. The van der Waals surface area contributed by atoms with Gasteiger partial charge in [0.15, 0.2) is 9.47 Å². The second-order valence-electron chi connectivity index (χ2n) is 4.31. The van der Waals surface area contributed by atoms with Gasteiger partial charge in [0.25, 0.3) is 0 Å². The number of aryl methyl sites for hydroxylation is 1. The summed E-state index contributed by atoms with van der Waals surface area (Å²) in [5.41, 5.74) is 6.03. The van der Waals surface area contributed by atoms with Crippen LogP contribution >= 0.6 is 34.4 Å². The van der Waals surface area contributed by atoms with Crippen molar-refractivity contribution in [1.82, 2.24) is 15.2 Å². The second-order valence-corrected chi connectivity index (χ2v) is 7.91. The number of aromatic nitrogens is 3. The number of hydrogen-bond donors (Lipinski definition) is 2. The Morgan fingerprint density at radius 3 is 2.74 bits per heavy atom. The predicted molar refractivity (Wildman–Crippen MR) is 91.1 cm³/mol. The third-order valence-electron chi connectivity index (χ3n) is 2.56. The van der Waals surface area contributed by atoms with Gasteiger partial charge in [0, 0.05) is 0 Å². The summed E-state index contributed by atoms with van der Waals surface area (Å²) in [6.07, 6.45) is 0. The third kappa shape index (κ3) is 4.62. The Balaban J connectivity index is 1.99. The fourth-order valence-electron chi connectivity index (χ4n) is 1.52. The summed E-state index contributed by atoms with van der Waals surface area (Å²) in [6, 6.07) is 0. The maximum absolute atomic E-state index is 12.2. The van der Waals surface area contributed by atoms with E-state index in [0.29, 0.717) is 25.2 Å². The number of carbonyl (C=O) groups excluding carboxylic acids is 2. The topological polar surface area (TPSA) is 120 Å². The number of rotatable bonds is 6. The molecule has 0 spiro atoms. The van der Waals surface area contributed by atoms with Gasteiger partial charge in [-0.25, -0.2) is 9.78 Å². The molecule has 2 aromatic rings. The highest BCUT2D eigenvalue weighted by Crippen LogP contribution is 2.29. The van der Waals surface area contributed by atoms with Crippen LogP contribution in [0.2, 0.25) is 0 Å². The van der Waals surface area contributed by atoms with E-state index in [1.165, 1.54) is 23.1 Å². The number of esters is 1. The van der Waals surface area contributed by atoms with E-state index >= 15 is 0 Å². The Hall–Kier alpha value is -1.72. The summed E-state index contributed by atoms with van der Waals surface area (Å²) in [5, 5.41) is 10.6. The third-order valence-corrected chi connectivity index (χ3v) is 5.55. The van der Waals surface area contributed by atoms with Crippen molar-refractivity contribution < 1.29 is 14.3 Å². The Morgan fingerprint density at radius 2 is 2.13 bits per heavy atom. The molecule has 0 fully saturated rings. The van der Waals surface area contributed by atoms with Crippen molar-refractivity contribution in [2.24, 2.45) is 0 Å². The van der Waals surface area contributed by atoms with Gasteiger partial charge in [-0.05, 0) is 20.8 Å². The van der Waals surface area contributed by atoms with E-state index in [1.807, 2.05) is 0 Å². The van der Waals surface area contributed by atoms with Gasteiger partial charge in [0.2, 0.25) is 11.0 Å². The number of nitrogens with one attached hydrogen (secondary N) is 1. The minimum absolute atomic E-state index is 0.243. The lowest BCUT2D eigenvalue weighted by molar-refractivity contribution is -0.115. The van der Waals surface area contributed by atoms with Gasteiger partial charge < -0.3 is 15.8 Å². The van der Waals surface area contributed by atoms with E-state index in [2.05, 4.69) is 20.5 Å². The van der Waals surface area contributed by atoms with Gasteiger partial charge in [0.05, 0.1) is 17.6 Å². The molecule has 0 unspecified atom stereocenters. The average Bonchev–Trinajstić information content (AvgIpc) is 3.05. The summed E-state index contributed by atoms with van der Waals surface area (Å²) in [6.45, 7) is 5.46. The molecule has 0 saturated heterocycles. The van der Waals surface area contributed by atoms with Crippen LogP contribution in [0.5, 0.6) is 0 Å². The van der Waals surface area contributed by atoms with Crippen molar-refractivity contribution in [2.45, 2.75) is 30.4 Å². The molecule has 0 aliphatic rings. The smallest absolute Gasteiger partial charge is 0.350 e. The standard InChI is InChI=1S/C12H15N5O3S3/c1-4-20-9(19)7-5(2)14-11(22-7)15-8(18)6(3)21-12-17-16-10(13)23-12/h6H,4H2,1-3H3,(H2,13,16)(H,14,15,18)/t6-/m1/s1. The van der Waals surface area contributed by atoms with Crippen molar-refractivity contribution in [1.29, 1.82) is 0 Å². The maximum atomic E-state index is 12.2. The quantitative estimate of drug-likeness (QED) is 0.584. The Labute approximate surface area is 144 Å². The molecule has 23 heavy (non-hydrogen) atoms. The number of nitrogen functional groups attached to an aromatic ring is 1. The molecule has 0 aliphatic heterocycles. The Kier molecular flexibility index (Phi) is 5.91. The molecule has 0 aliphatic carbocycles. The molecule has 0 bridgehead atoms. The van der Waals surface area contributed by atoms with E-state index in [-0.39, 0.29) is 12.5 Å². The predicted octanol–water partition coefficient (Wildman–Crippen LogP) is 2.18. The lowest BCUT2D eigenvalue weighted by Gasteiger charge is -2.07. The van der Waals surface area contributed by atoms with Crippen LogP contribution in [0.4, 0.5) is 10.3 Å². The highest BCUT2D eigenvalue weighted by molar-refractivity contribution is 8.02. The highest BCUT2D eigenvalue weighted by Gasteiger charge is 2.21. The first-order valence-electron chi connectivity index (χ1n) is 6.61. The zero-order valence-corrected chi connectivity index (χ0v) is 15.1. The van der Waals surface area contributed by atoms with Gasteiger partial charge in [-0.1, -0.05) is 34.4 Å². The lowest BCUT2D eigenvalue weighted by Crippen LogP contribution is -2.22. The number of thiazole rings is 1. The number of hydrogen-bond acceptors (Lipinski definition) is 10. The van der Waals surface area contributed by atoms with Gasteiger partial charge in [-0.2, -0.15) is 0 Å². The van der Waals surface area contributed by atoms with Crippen molar-refractivity contribution in [3.8, 4) is 0 Å². The first kappa shape index (κ1) is 17.6. The van der Waals surface area contributed by atoms with Crippen LogP contribution in [0.3, 0.4) is 0 Å². The summed E-state index contributed by atoms with van der Waals surface area (Å²) in [4.78, 5) is 28.5. The zero-order chi connectivity index (χ0) is 17.0. The van der Waals surface area contributed by atoms with Gasteiger partial charge in [-0.3, -0.25) is 4.79 Å². The number of amides is 1. The van der Waals surface area contributed by atoms with Crippen molar-refractivity contribution in [2.75, 3.05) is 17.7 Å². The first-order valence-corrected chi connectivity index (χ1v) is 9.13. The molecular weight excluding hydrogens is 358 g/mol. The van der Waals surface area contributed by atoms with Crippen LogP contribution in [0.15, 0.2) is 4.34 Å². The minimum atomic E-state index is -0.435. The fourth-order valence-corrected chi connectivity index (χ4v) is 4.16. The van der Waals surface area contributed by atoms with E-state index < -0.39 is 11.2 Å². The molecule has 2 heterocycles. The van der Waals surface area contributed by atoms with Crippen LogP contribution in [-0.4, -0.2) is 38.9 Å². The number of nitrogens with zero attached hydrogens (tertiary/aromatic N) is 3. The molecule has 0 radical (unpaired) electrons. The Bertz CT molecular complexity index is 715. The number of anilines is 2. The van der Waals surface area contributed by atoms with Crippen LogP contribution in [0, 0.1) is 6.92 Å². The fraction of sp³-hybridized carbons (Fsp3) is 0.417. The largest absolute Gasteiger partial charge is 0.462 e. The molecule has 1 amide bonds. The zero-order valence-electron chi connectivity index (χ0n) is 12.7. The molecule has 124 valence electrons. The van der Waals surface area contributed by atoms with Gasteiger partial charge in [0.1, 0.15) is 4.88 Å². The first-order chi connectivity index (χ1) is 10.9. The van der Waals surface area contributed by atoms with Crippen molar-refractivity contribution in [3.05, 3.63) is 10.6 Å². The summed E-state index contributed by atoms with van der Waals surface area (Å²) in [5.74, 6) is -0.678. The van der Waals surface area contributed by atoms with E-state index in [9.17, 15) is 9.59 Å². The number of ether oxygens (including phenoxy) is 1.